The molecule has 3 N–H and O–H groups in total. The minimum Gasteiger partial charge on any atom is -0.496 e. The van der Waals surface area contributed by atoms with Crippen LogP contribution in [0.4, 0.5) is 0 Å². The lowest BCUT2D eigenvalue weighted by Crippen LogP contribution is -2.33. The Morgan fingerprint density at radius 1 is 1.21 bits per heavy atom. The summed E-state index contributed by atoms with van der Waals surface area (Å²) in [6, 6.07) is 6.14. The number of hydrogen-bond acceptors (Lipinski definition) is 3. The number of hydrogen-bond donors (Lipinski definition) is 2. The van der Waals surface area contributed by atoms with Gasteiger partial charge in [0.2, 0.25) is 0 Å². The molecular formula is C16H27NO2. The highest BCUT2D eigenvalue weighted by Crippen LogP contribution is 2.35. The molecule has 1 aromatic carbocycles. The third kappa shape index (κ3) is 3.95. The van der Waals surface area contributed by atoms with E-state index in [4.69, 9.17) is 15.6 Å². The number of aliphatic hydroxyl groups is 1. The van der Waals surface area contributed by atoms with Gasteiger partial charge in [0.1, 0.15) is 5.75 Å². The van der Waals surface area contributed by atoms with Gasteiger partial charge in [-0.05, 0) is 48.4 Å². The predicted molar refractivity (Wildman–Crippen MR) is 79.6 cm³/mol. The van der Waals surface area contributed by atoms with Crippen LogP contribution in [0.5, 0.6) is 5.75 Å². The highest BCUT2D eigenvalue weighted by atomic mass is 16.5. The standard InChI is InChI=1S/C16H27NO2/c1-15(2,3)13-11-12(7-8-14(13)19-5)16(4,17)9-6-10-18/h7-8,11,18H,6,9-10,17H2,1-5H3. The van der Waals surface area contributed by atoms with Crippen molar-refractivity contribution in [2.24, 2.45) is 5.73 Å². The monoisotopic (exact) mass is 265 g/mol. The molecule has 0 aliphatic rings. The van der Waals surface area contributed by atoms with Crippen molar-refractivity contribution in [2.75, 3.05) is 13.7 Å². The molecule has 108 valence electrons. The third-order valence-corrected chi connectivity index (χ3v) is 3.52. The highest BCUT2D eigenvalue weighted by molar-refractivity contribution is 5.43. The zero-order valence-corrected chi connectivity index (χ0v) is 12.8. The zero-order chi connectivity index (χ0) is 14.7. The summed E-state index contributed by atoms with van der Waals surface area (Å²) in [4.78, 5) is 0. The smallest absolute Gasteiger partial charge is 0.122 e. The first-order chi connectivity index (χ1) is 8.72. The van der Waals surface area contributed by atoms with E-state index in [1.54, 1.807) is 7.11 Å². The van der Waals surface area contributed by atoms with E-state index < -0.39 is 5.54 Å². The average molecular weight is 265 g/mol. The molecule has 0 saturated carbocycles. The fraction of sp³-hybridized carbons (Fsp3) is 0.625. The van der Waals surface area contributed by atoms with E-state index in [1.165, 1.54) is 0 Å². The molecule has 0 spiro atoms. The molecule has 1 atom stereocenters. The predicted octanol–water partition coefficient (Wildman–Crippen LogP) is 2.94. The minimum atomic E-state index is -0.422. The SMILES string of the molecule is COc1ccc(C(C)(N)CCCO)cc1C(C)(C)C. The Labute approximate surface area is 116 Å². The van der Waals surface area contributed by atoms with E-state index in [9.17, 15) is 0 Å². The second-order valence-electron chi connectivity index (χ2n) is 6.41. The van der Waals surface area contributed by atoms with Gasteiger partial charge in [0.05, 0.1) is 7.11 Å². The molecule has 0 fully saturated rings. The zero-order valence-electron chi connectivity index (χ0n) is 12.8. The average Bonchev–Trinajstić information content (AvgIpc) is 2.34. The lowest BCUT2D eigenvalue weighted by atomic mass is 9.81. The summed E-state index contributed by atoms with van der Waals surface area (Å²) < 4.78 is 5.44. The largest absolute Gasteiger partial charge is 0.496 e. The summed E-state index contributed by atoms with van der Waals surface area (Å²) >= 11 is 0. The Balaban J connectivity index is 3.18. The topological polar surface area (TPSA) is 55.5 Å². The van der Waals surface area contributed by atoms with Crippen LogP contribution < -0.4 is 10.5 Å². The van der Waals surface area contributed by atoms with Crippen molar-refractivity contribution in [3.8, 4) is 5.75 Å². The lowest BCUT2D eigenvalue weighted by molar-refractivity contribution is 0.265. The molecule has 1 rings (SSSR count). The maximum atomic E-state index is 8.97. The number of aliphatic hydroxyl groups excluding tert-OH is 1. The molecule has 0 bridgehead atoms. The van der Waals surface area contributed by atoms with E-state index in [0.717, 1.165) is 23.3 Å². The Bertz CT molecular complexity index is 419. The summed E-state index contributed by atoms with van der Waals surface area (Å²) in [6.07, 6.45) is 1.48. The van der Waals surface area contributed by atoms with Gasteiger partial charge in [-0.25, -0.2) is 0 Å². The second kappa shape index (κ2) is 5.93. The number of rotatable bonds is 5. The first-order valence-corrected chi connectivity index (χ1v) is 6.81. The first kappa shape index (κ1) is 16.0. The van der Waals surface area contributed by atoms with E-state index in [0.29, 0.717) is 6.42 Å². The van der Waals surface area contributed by atoms with E-state index in [2.05, 4.69) is 26.8 Å². The summed E-state index contributed by atoms with van der Waals surface area (Å²) in [5.74, 6) is 0.897. The van der Waals surface area contributed by atoms with Crippen LogP contribution in [-0.4, -0.2) is 18.8 Å². The maximum absolute atomic E-state index is 8.97. The molecule has 0 amide bonds. The Morgan fingerprint density at radius 2 is 1.84 bits per heavy atom. The fourth-order valence-corrected chi connectivity index (χ4v) is 2.24. The quantitative estimate of drug-likeness (QED) is 0.860. The van der Waals surface area contributed by atoms with Crippen LogP contribution in [0.2, 0.25) is 0 Å². The third-order valence-electron chi connectivity index (χ3n) is 3.52. The molecule has 19 heavy (non-hydrogen) atoms. The van der Waals surface area contributed by atoms with E-state index >= 15 is 0 Å². The van der Waals surface area contributed by atoms with Crippen LogP contribution >= 0.6 is 0 Å². The van der Waals surface area contributed by atoms with Gasteiger partial charge in [-0.15, -0.1) is 0 Å². The molecule has 0 aliphatic heterocycles. The summed E-state index contributed by atoms with van der Waals surface area (Å²) in [5, 5.41) is 8.97. The second-order valence-corrected chi connectivity index (χ2v) is 6.41. The molecule has 1 aromatic rings. The van der Waals surface area contributed by atoms with Crippen LogP contribution in [-0.2, 0) is 11.0 Å². The maximum Gasteiger partial charge on any atom is 0.122 e. The minimum absolute atomic E-state index is 0.00835. The summed E-state index contributed by atoms with van der Waals surface area (Å²) in [7, 11) is 1.69. The van der Waals surface area contributed by atoms with Gasteiger partial charge in [-0.1, -0.05) is 26.8 Å². The molecule has 0 aliphatic carbocycles. The van der Waals surface area contributed by atoms with Crippen molar-refractivity contribution in [1.82, 2.24) is 0 Å². The van der Waals surface area contributed by atoms with Crippen LogP contribution in [0.1, 0.15) is 51.7 Å². The summed E-state index contributed by atoms with van der Waals surface area (Å²) in [5.41, 5.74) is 8.21. The Morgan fingerprint density at radius 3 is 2.32 bits per heavy atom. The van der Waals surface area contributed by atoms with Crippen molar-refractivity contribution in [2.45, 2.75) is 51.5 Å². The van der Waals surface area contributed by atoms with E-state index in [-0.39, 0.29) is 12.0 Å². The summed E-state index contributed by atoms with van der Waals surface area (Å²) in [6.45, 7) is 8.68. The molecule has 0 radical (unpaired) electrons. The number of ether oxygens (including phenoxy) is 1. The molecular weight excluding hydrogens is 238 g/mol. The fourth-order valence-electron chi connectivity index (χ4n) is 2.24. The highest BCUT2D eigenvalue weighted by Gasteiger charge is 2.25. The van der Waals surface area contributed by atoms with Gasteiger partial charge < -0.3 is 15.6 Å². The lowest BCUT2D eigenvalue weighted by Gasteiger charge is -2.29. The first-order valence-electron chi connectivity index (χ1n) is 6.81. The van der Waals surface area contributed by atoms with Crippen LogP contribution in [0, 0.1) is 0 Å². The van der Waals surface area contributed by atoms with Gasteiger partial charge in [-0.2, -0.15) is 0 Å². The van der Waals surface area contributed by atoms with Crippen LogP contribution in [0.15, 0.2) is 18.2 Å². The molecule has 3 heteroatoms. The van der Waals surface area contributed by atoms with Gasteiger partial charge >= 0.3 is 0 Å². The number of methoxy groups -OCH3 is 1. The van der Waals surface area contributed by atoms with Gasteiger partial charge in [0.15, 0.2) is 0 Å². The molecule has 0 saturated heterocycles. The van der Waals surface area contributed by atoms with Gasteiger partial charge in [0, 0.05) is 12.1 Å². The molecule has 0 aromatic heterocycles. The Kier molecular flexibility index (Phi) is 4.99. The van der Waals surface area contributed by atoms with Crippen molar-refractivity contribution in [1.29, 1.82) is 0 Å². The van der Waals surface area contributed by atoms with Crippen LogP contribution in [0.25, 0.3) is 0 Å². The molecule has 3 nitrogen and oxygen atoms in total. The van der Waals surface area contributed by atoms with Crippen LogP contribution in [0.3, 0.4) is 0 Å². The van der Waals surface area contributed by atoms with Crippen molar-refractivity contribution in [3.63, 3.8) is 0 Å². The molecule has 1 unspecified atom stereocenters. The molecule has 0 heterocycles. The van der Waals surface area contributed by atoms with Crippen molar-refractivity contribution < 1.29 is 9.84 Å². The normalized spacial score (nSPS) is 15.1. The number of benzene rings is 1. The Hall–Kier alpha value is -1.06. The van der Waals surface area contributed by atoms with Gasteiger partial charge in [-0.3, -0.25) is 0 Å². The van der Waals surface area contributed by atoms with E-state index in [1.807, 2.05) is 19.1 Å². The van der Waals surface area contributed by atoms with Crippen molar-refractivity contribution in [3.05, 3.63) is 29.3 Å². The van der Waals surface area contributed by atoms with Crippen molar-refractivity contribution >= 4 is 0 Å². The number of nitrogens with two attached hydrogens (primary N) is 1. The van der Waals surface area contributed by atoms with Gasteiger partial charge in [0.25, 0.3) is 0 Å².